The molecule has 1 aromatic carbocycles. The molecule has 0 bridgehead atoms. The number of aryl methyl sites for hydroxylation is 1. The number of rotatable bonds is 5. The number of morpholine rings is 1. The average Bonchev–Trinajstić information content (AvgIpc) is 3.14. The molecule has 4 rings (SSSR count). The zero-order valence-electron chi connectivity index (χ0n) is 16.4. The standard InChI is InChI=1S/C19H18ClN3O6S2/c1-12-11-30-19-21-14(9-17(24)23(12)19)10-29-18(25)13-2-3-15(20)16(8-13)31(26,27)22-4-6-28-7-5-22/h2-3,8-9,11H,4-7,10H2,1H3. The highest BCUT2D eigenvalue weighted by atomic mass is 35.5. The molecule has 164 valence electrons. The smallest absolute Gasteiger partial charge is 0.338 e. The van der Waals surface area contributed by atoms with Crippen LogP contribution in [0.1, 0.15) is 21.7 Å². The highest BCUT2D eigenvalue weighted by molar-refractivity contribution is 7.89. The fraction of sp³-hybridized carbons (Fsp3) is 0.316. The van der Waals surface area contributed by atoms with Crippen molar-refractivity contribution in [1.82, 2.24) is 13.7 Å². The first-order valence-corrected chi connectivity index (χ1v) is 12.0. The largest absolute Gasteiger partial charge is 0.456 e. The lowest BCUT2D eigenvalue weighted by Crippen LogP contribution is -2.40. The zero-order chi connectivity index (χ0) is 22.2. The lowest BCUT2D eigenvalue weighted by molar-refractivity contribution is 0.0467. The Hall–Kier alpha value is -2.31. The molecule has 2 aromatic heterocycles. The predicted octanol–water partition coefficient (Wildman–Crippen LogP) is 2.10. The number of fused-ring (bicyclic) bond motifs is 1. The molecular formula is C19H18ClN3O6S2. The number of carbonyl (C=O) groups is 1. The predicted molar refractivity (Wildman–Crippen MR) is 114 cm³/mol. The number of carbonyl (C=O) groups excluding carboxylic acids is 1. The van der Waals surface area contributed by atoms with Crippen LogP contribution in [0.3, 0.4) is 0 Å². The van der Waals surface area contributed by atoms with E-state index in [9.17, 15) is 18.0 Å². The number of hydrogen-bond acceptors (Lipinski definition) is 8. The molecule has 1 aliphatic heterocycles. The molecule has 1 fully saturated rings. The second-order valence-corrected chi connectivity index (χ2v) is 9.97. The van der Waals surface area contributed by atoms with Gasteiger partial charge in [0.1, 0.15) is 11.5 Å². The lowest BCUT2D eigenvalue weighted by Gasteiger charge is -2.26. The monoisotopic (exact) mass is 483 g/mol. The molecule has 1 saturated heterocycles. The highest BCUT2D eigenvalue weighted by Gasteiger charge is 2.29. The van der Waals surface area contributed by atoms with Crippen molar-refractivity contribution >= 4 is 43.9 Å². The second kappa shape index (κ2) is 8.67. The lowest BCUT2D eigenvalue weighted by atomic mass is 10.2. The zero-order valence-corrected chi connectivity index (χ0v) is 18.8. The Kier molecular flexibility index (Phi) is 6.13. The van der Waals surface area contributed by atoms with E-state index in [0.717, 1.165) is 5.69 Å². The molecule has 0 aliphatic carbocycles. The average molecular weight is 484 g/mol. The van der Waals surface area contributed by atoms with Crippen LogP contribution in [0.2, 0.25) is 5.02 Å². The Labute approximate surface area is 186 Å². The summed E-state index contributed by atoms with van der Waals surface area (Å²) in [5.41, 5.74) is 0.840. The first-order valence-electron chi connectivity index (χ1n) is 9.29. The van der Waals surface area contributed by atoms with E-state index >= 15 is 0 Å². The number of thiazole rings is 1. The van der Waals surface area contributed by atoms with Crippen molar-refractivity contribution in [1.29, 1.82) is 0 Å². The van der Waals surface area contributed by atoms with Gasteiger partial charge < -0.3 is 9.47 Å². The number of nitrogens with zero attached hydrogens (tertiary/aromatic N) is 3. The van der Waals surface area contributed by atoms with Gasteiger partial charge in [0, 0.05) is 30.2 Å². The normalized spacial score (nSPS) is 15.3. The summed E-state index contributed by atoms with van der Waals surface area (Å²) in [5, 5.41) is 1.82. The van der Waals surface area contributed by atoms with Gasteiger partial charge in [0.05, 0.1) is 29.5 Å². The Morgan fingerprint density at radius 3 is 2.77 bits per heavy atom. The molecule has 3 heterocycles. The summed E-state index contributed by atoms with van der Waals surface area (Å²) in [6.45, 7) is 2.57. The van der Waals surface area contributed by atoms with Gasteiger partial charge in [-0.3, -0.25) is 9.20 Å². The third-order valence-corrected chi connectivity index (χ3v) is 8.06. The minimum absolute atomic E-state index is 0.0104. The molecule has 0 unspecified atom stereocenters. The molecule has 31 heavy (non-hydrogen) atoms. The number of ether oxygens (including phenoxy) is 2. The van der Waals surface area contributed by atoms with Crippen molar-refractivity contribution in [2.45, 2.75) is 18.4 Å². The maximum atomic E-state index is 12.9. The van der Waals surface area contributed by atoms with Crippen LogP contribution in [-0.2, 0) is 26.1 Å². The van der Waals surface area contributed by atoms with Crippen molar-refractivity contribution in [3.8, 4) is 0 Å². The van der Waals surface area contributed by atoms with E-state index in [1.54, 1.807) is 6.92 Å². The number of hydrogen-bond donors (Lipinski definition) is 0. The summed E-state index contributed by atoms with van der Waals surface area (Å²) in [4.78, 5) is 29.4. The van der Waals surface area contributed by atoms with E-state index in [0.29, 0.717) is 23.9 Å². The third kappa shape index (κ3) is 4.37. The fourth-order valence-electron chi connectivity index (χ4n) is 3.15. The Morgan fingerprint density at radius 2 is 2.03 bits per heavy atom. The number of aromatic nitrogens is 2. The highest BCUT2D eigenvalue weighted by Crippen LogP contribution is 2.27. The van der Waals surface area contributed by atoms with Crippen LogP contribution in [0.25, 0.3) is 4.96 Å². The molecule has 0 spiro atoms. The van der Waals surface area contributed by atoms with E-state index in [-0.39, 0.29) is 40.7 Å². The van der Waals surface area contributed by atoms with E-state index in [1.807, 2.05) is 5.38 Å². The fourth-order valence-corrected chi connectivity index (χ4v) is 5.95. The van der Waals surface area contributed by atoms with E-state index in [1.165, 1.54) is 44.3 Å². The van der Waals surface area contributed by atoms with Crippen LogP contribution < -0.4 is 5.56 Å². The van der Waals surface area contributed by atoms with Gasteiger partial charge in [-0.05, 0) is 25.1 Å². The summed E-state index contributed by atoms with van der Waals surface area (Å²) in [5.74, 6) is -0.751. The quantitative estimate of drug-likeness (QED) is 0.511. The Bertz CT molecular complexity index is 1310. The van der Waals surface area contributed by atoms with E-state index in [2.05, 4.69) is 4.98 Å². The topological polar surface area (TPSA) is 107 Å². The summed E-state index contributed by atoms with van der Waals surface area (Å²) in [6, 6.07) is 5.23. The van der Waals surface area contributed by atoms with E-state index < -0.39 is 16.0 Å². The SMILES string of the molecule is Cc1csc2nc(COC(=O)c3ccc(Cl)c(S(=O)(=O)N4CCOCC4)c3)cc(=O)n12. The molecule has 0 atom stereocenters. The molecule has 0 N–H and O–H groups in total. The van der Waals surface area contributed by atoms with Gasteiger partial charge in [0.2, 0.25) is 10.0 Å². The summed E-state index contributed by atoms with van der Waals surface area (Å²) in [6.07, 6.45) is 0. The molecular weight excluding hydrogens is 466 g/mol. The Balaban J connectivity index is 1.54. The van der Waals surface area contributed by atoms with Gasteiger partial charge in [-0.15, -0.1) is 11.3 Å². The minimum Gasteiger partial charge on any atom is -0.456 e. The summed E-state index contributed by atoms with van der Waals surface area (Å²) in [7, 11) is -3.88. The summed E-state index contributed by atoms with van der Waals surface area (Å²) >= 11 is 7.43. The van der Waals surface area contributed by atoms with Gasteiger partial charge in [0.15, 0.2) is 4.96 Å². The molecule has 0 saturated carbocycles. The molecule has 0 radical (unpaired) electrons. The van der Waals surface area contributed by atoms with Crippen molar-refractivity contribution in [3.63, 3.8) is 0 Å². The van der Waals surface area contributed by atoms with Crippen molar-refractivity contribution in [3.05, 3.63) is 62.0 Å². The van der Waals surface area contributed by atoms with Crippen molar-refractivity contribution < 1.29 is 22.7 Å². The summed E-state index contributed by atoms with van der Waals surface area (Å²) < 4.78 is 39.0. The van der Waals surface area contributed by atoms with Gasteiger partial charge in [-0.1, -0.05) is 11.6 Å². The van der Waals surface area contributed by atoms with Gasteiger partial charge in [-0.25, -0.2) is 18.2 Å². The van der Waals surface area contributed by atoms with Crippen molar-refractivity contribution in [2.75, 3.05) is 26.3 Å². The van der Waals surface area contributed by atoms with Crippen LogP contribution in [0.4, 0.5) is 0 Å². The van der Waals surface area contributed by atoms with Crippen molar-refractivity contribution in [2.24, 2.45) is 0 Å². The Morgan fingerprint density at radius 1 is 1.29 bits per heavy atom. The first kappa shape index (κ1) is 21.9. The van der Waals surface area contributed by atoms with Crippen LogP contribution in [-0.4, -0.2) is 54.4 Å². The maximum Gasteiger partial charge on any atom is 0.338 e. The van der Waals surface area contributed by atoms with Crippen LogP contribution in [0.15, 0.2) is 39.3 Å². The number of halogens is 1. The minimum atomic E-state index is -3.88. The van der Waals surface area contributed by atoms with Gasteiger partial charge in [-0.2, -0.15) is 4.31 Å². The van der Waals surface area contributed by atoms with E-state index in [4.69, 9.17) is 21.1 Å². The maximum absolute atomic E-state index is 12.9. The third-order valence-electron chi connectivity index (χ3n) is 4.73. The first-order chi connectivity index (χ1) is 14.8. The van der Waals surface area contributed by atoms with Gasteiger partial charge >= 0.3 is 5.97 Å². The molecule has 12 heteroatoms. The molecule has 3 aromatic rings. The number of sulfonamides is 1. The molecule has 0 amide bonds. The van der Waals surface area contributed by atoms with Crippen LogP contribution in [0.5, 0.6) is 0 Å². The molecule has 9 nitrogen and oxygen atoms in total. The van der Waals surface area contributed by atoms with Crippen LogP contribution >= 0.6 is 22.9 Å². The number of esters is 1. The van der Waals surface area contributed by atoms with Gasteiger partial charge in [0.25, 0.3) is 5.56 Å². The number of benzene rings is 1. The van der Waals surface area contributed by atoms with Crippen LogP contribution in [0, 0.1) is 6.92 Å². The molecule has 1 aliphatic rings. The second-order valence-electron chi connectivity index (χ2n) is 6.82.